The van der Waals surface area contributed by atoms with E-state index in [0.717, 1.165) is 18.2 Å². The molecule has 2 aromatic heterocycles. The number of allylic oxidation sites excluding steroid dienone is 1. The topological polar surface area (TPSA) is 139 Å². The minimum Gasteiger partial charge on any atom is -0.480 e. The summed E-state index contributed by atoms with van der Waals surface area (Å²) in [5.41, 5.74) is 1.50. The molecule has 0 saturated carbocycles. The first-order valence-corrected chi connectivity index (χ1v) is 15.3. The Morgan fingerprint density at radius 1 is 1.09 bits per heavy atom. The van der Waals surface area contributed by atoms with E-state index in [0.29, 0.717) is 47.5 Å². The highest BCUT2D eigenvalue weighted by molar-refractivity contribution is 7.92. The zero-order valence-electron chi connectivity index (χ0n) is 24.6. The van der Waals surface area contributed by atoms with Crippen molar-refractivity contribution in [2.45, 2.75) is 17.9 Å². The molecule has 236 valence electrons. The number of methoxy groups -OCH3 is 1. The molecule has 3 heterocycles. The van der Waals surface area contributed by atoms with Crippen LogP contribution in [0.2, 0.25) is 0 Å². The third-order valence-electron chi connectivity index (χ3n) is 7.25. The first-order valence-electron chi connectivity index (χ1n) is 13.9. The number of benzene rings is 2. The molecule has 1 saturated heterocycles. The van der Waals surface area contributed by atoms with Gasteiger partial charge in [-0.25, -0.2) is 38.7 Å². The zero-order valence-corrected chi connectivity index (χ0v) is 25.5. The number of rotatable bonds is 9. The first-order chi connectivity index (χ1) is 22.0. The van der Waals surface area contributed by atoms with Gasteiger partial charge in [-0.2, -0.15) is 0 Å². The van der Waals surface area contributed by atoms with Crippen LogP contribution in [-0.4, -0.2) is 79.3 Å². The Hall–Kier alpha value is -5.49. The molecule has 0 bridgehead atoms. The largest absolute Gasteiger partial charge is 0.480 e. The smallest absolute Gasteiger partial charge is 0.267 e. The van der Waals surface area contributed by atoms with Gasteiger partial charge in [0.05, 0.1) is 12.6 Å². The first kappa shape index (κ1) is 31.9. The van der Waals surface area contributed by atoms with Crippen molar-refractivity contribution in [1.82, 2.24) is 19.9 Å². The number of pyridine rings is 1. The third kappa shape index (κ3) is 6.61. The molecule has 2 aromatic carbocycles. The van der Waals surface area contributed by atoms with Crippen LogP contribution in [0.3, 0.4) is 0 Å². The van der Waals surface area contributed by atoms with Gasteiger partial charge in [0, 0.05) is 42.9 Å². The van der Waals surface area contributed by atoms with Gasteiger partial charge >= 0.3 is 0 Å². The lowest BCUT2D eigenvalue weighted by Crippen LogP contribution is -2.56. The fourth-order valence-corrected chi connectivity index (χ4v) is 6.33. The number of fused-ring (bicyclic) bond motifs is 1. The molecule has 0 radical (unpaired) electrons. The summed E-state index contributed by atoms with van der Waals surface area (Å²) in [6, 6.07) is 9.00. The van der Waals surface area contributed by atoms with Crippen LogP contribution in [0.15, 0.2) is 72.0 Å². The summed E-state index contributed by atoms with van der Waals surface area (Å²) < 4.78 is 62.1. The Bertz CT molecular complexity index is 2000. The Labute approximate surface area is 263 Å². The molecule has 0 aliphatic carbocycles. The number of hydrogen-bond acceptors (Lipinski definition) is 9. The van der Waals surface area contributed by atoms with Crippen molar-refractivity contribution in [3.63, 3.8) is 0 Å². The molecule has 1 N–H and O–H groups in total. The van der Waals surface area contributed by atoms with Crippen LogP contribution in [0.4, 0.5) is 20.3 Å². The van der Waals surface area contributed by atoms with Gasteiger partial charge < -0.3 is 19.4 Å². The van der Waals surface area contributed by atoms with E-state index in [9.17, 15) is 26.8 Å². The van der Waals surface area contributed by atoms with Crippen LogP contribution < -0.4 is 14.4 Å². The second-order valence-corrected chi connectivity index (χ2v) is 11.9. The number of hydrogen-bond donors (Lipinski definition) is 1. The van der Waals surface area contributed by atoms with Crippen molar-refractivity contribution in [3.8, 4) is 17.0 Å². The second-order valence-electron chi connectivity index (χ2n) is 10.3. The van der Waals surface area contributed by atoms with E-state index < -0.39 is 32.6 Å². The zero-order chi connectivity index (χ0) is 33.0. The van der Waals surface area contributed by atoms with E-state index in [-0.39, 0.29) is 29.8 Å². The van der Waals surface area contributed by atoms with E-state index in [1.54, 1.807) is 23.1 Å². The van der Waals surface area contributed by atoms with Crippen LogP contribution in [0.1, 0.15) is 6.92 Å². The number of ketones is 1. The van der Waals surface area contributed by atoms with Crippen LogP contribution >= 0.6 is 0 Å². The van der Waals surface area contributed by atoms with E-state index in [4.69, 9.17) is 11.3 Å². The molecule has 1 fully saturated rings. The van der Waals surface area contributed by atoms with Gasteiger partial charge in [0.15, 0.2) is 10.7 Å². The van der Waals surface area contributed by atoms with Gasteiger partial charge in [0.1, 0.15) is 35.5 Å². The lowest BCUT2D eigenvalue weighted by molar-refractivity contribution is -0.128. The number of nitrogens with zero attached hydrogens (tertiary/aromatic N) is 6. The van der Waals surface area contributed by atoms with Crippen LogP contribution in [0, 0.1) is 18.2 Å². The Morgan fingerprint density at radius 2 is 1.85 bits per heavy atom. The van der Waals surface area contributed by atoms with Crippen molar-refractivity contribution < 1.29 is 31.5 Å². The number of sulfonamides is 1. The number of carbonyl (C=O) groups excluding carboxylic acids is 2. The van der Waals surface area contributed by atoms with Crippen LogP contribution in [0.25, 0.3) is 26.9 Å². The Kier molecular flexibility index (Phi) is 9.19. The lowest BCUT2D eigenvalue weighted by Gasteiger charge is -2.39. The fraction of sp³-hybridized carbons (Fsp3) is 0.226. The molecular formula is C31H27F2N7O5S. The minimum atomic E-state index is -4.71. The highest BCUT2D eigenvalue weighted by atomic mass is 32.2. The molecule has 5 rings (SSSR count). The predicted molar refractivity (Wildman–Crippen MR) is 165 cm³/mol. The molecule has 1 atom stereocenters. The summed E-state index contributed by atoms with van der Waals surface area (Å²) in [7, 11) is -3.43. The van der Waals surface area contributed by atoms with E-state index >= 15 is 0 Å². The van der Waals surface area contributed by atoms with Crippen molar-refractivity contribution in [2.75, 3.05) is 42.9 Å². The maximum absolute atomic E-state index is 14.3. The average Bonchev–Trinajstić information content (AvgIpc) is 3.02. The number of nitrogens with one attached hydrogen (secondary N) is 1. The summed E-state index contributed by atoms with van der Waals surface area (Å²) in [4.78, 5) is 43.1. The normalized spacial score (nSPS) is 15.2. The number of aromatic nitrogens is 3. The van der Waals surface area contributed by atoms with E-state index in [2.05, 4.69) is 24.5 Å². The van der Waals surface area contributed by atoms with Crippen molar-refractivity contribution in [2.24, 2.45) is 0 Å². The summed E-state index contributed by atoms with van der Waals surface area (Å²) in [5, 5.41) is 0.643. The van der Waals surface area contributed by atoms with Gasteiger partial charge in [0.2, 0.25) is 18.3 Å². The summed E-state index contributed by atoms with van der Waals surface area (Å²) in [6.07, 6.45) is 5.28. The molecule has 1 aliphatic rings. The van der Waals surface area contributed by atoms with Gasteiger partial charge in [-0.1, -0.05) is 12.1 Å². The maximum atomic E-state index is 14.3. The maximum Gasteiger partial charge on any atom is 0.267 e. The molecule has 0 spiro atoms. The molecule has 4 aromatic rings. The molecule has 1 aliphatic heterocycles. The number of anilines is 2. The second kappa shape index (κ2) is 13.2. The SMILES string of the molecule is [C-]#[N+]C[C@H]1CN(c2ncnc3ccc(-c4cnc(OC)c(NS(=O)(=O)c5c(F)cccc5F)c4)cc23)CCN1C(=O)/C=C/C(C)=O. The summed E-state index contributed by atoms with van der Waals surface area (Å²) in [6.45, 7) is 9.81. The molecule has 1 amide bonds. The van der Waals surface area contributed by atoms with Crippen molar-refractivity contribution >= 4 is 44.1 Å². The van der Waals surface area contributed by atoms with Gasteiger partial charge in [-0.15, -0.1) is 0 Å². The third-order valence-corrected chi connectivity index (χ3v) is 8.67. The predicted octanol–water partition coefficient (Wildman–Crippen LogP) is 3.86. The molecule has 0 unspecified atom stereocenters. The molecular weight excluding hydrogens is 620 g/mol. The highest BCUT2D eigenvalue weighted by Crippen LogP contribution is 2.34. The average molecular weight is 648 g/mol. The summed E-state index contributed by atoms with van der Waals surface area (Å²) >= 11 is 0. The number of amides is 1. The van der Waals surface area contributed by atoms with Gasteiger partial charge in [-0.05, 0) is 48.9 Å². The van der Waals surface area contributed by atoms with E-state index in [1.165, 1.54) is 44.8 Å². The molecule has 15 heteroatoms. The standard InChI is InChI=1S/C31H27F2N7O5S/c1-19(41)7-10-28(42)40-12-11-39(17-22(40)16-34-2)30-23-13-20(8-9-26(23)36-18-37-30)21-14-27(31(45-3)35-15-21)38-46(43,44)29-24(32)5-4-6-25(29)33/h4-10,13-15,18,22,38H,11-12,16-17H2,1,3H3/b10-7+/t22-/m0/s1. The van der Waals surface area contributed by atoms with Gasteiger partial charge in [-0.3, -0.25) is 14.3 Å². The number of piperazine rings is 1. The van der Waals surface area contributed by atoms with Crippen LogP contribution in [0.5, 0.6) is 5.88 Å². The number of halogens is 2. The monoisotopic (exact) mass is 647 g/mol. The molecule has 46 heavy (non-hydrogen) atoms. The van der Waals surface area contributed by atoms with Crippen molar-refractivity contribution in [1.29, 1.82) is 0 Å². The lowest BCUT2D eigenvalue weighted by atomic mass is 10.0. The number of ether oxygens (including phenoxy) is 1. The Morgan fingerprint density at radius 3 is 2.54 bits per heavy atom. The minimum absolute atomic E-state index is 0.0530. The van der Waals surface area contributed by atoms with Crippen molar-refractivity contribution in [3.05, 3.63) is 90.2 Å². The van der Waals surface area contributed by atoms with Crippen LogP contribution in [-0.2, 0) is 19.6 Å². The van der Waals surface area contributed by atoms with E-state index in [1.807, 2.05) is 4.90 Å². The number of carbonyl (C=O) groups is 2. The quantitative estimate of drug-likeness (QED) is 0.212. The highest BCUT2D eigenvalue weighted by Gasteiger charge is 2.33. The Balaban J connectivity index is 1.48. The summed E-state index contributed by atoms with van der Waals surface area (Å²) in [5.74, 6) is -2.68. The fourth-order valence-electron chi connectivity index (χ4n) is 5.14. The molecule has 12 nitrogen and oxygen atoms in total. The van der Waals surface area contributed by atoms with Gasteiger partial charge in [0.25, 0.3) is 10.0 Å².